The highest BCUT2D eigenvalue weighted by Gasteiger charge is 2.16. The average Bonchev–Trinajstić information content (AvgIpc) is 2.31. The Balaban J connectivity index is 2.49. The standard InChI is InChI=1S/C12H16ClNO2/c1-3-9(12(15)16-2)8-14-11-6-4-10(13)5-7-11/h4-7,9,14H,3,8H2,1-2H3. The van der Waals surface area contributed by atoms with Gasteiger partial charge in [0.2, 0.25) is 0 Å². The van der Waals surface area contributed by atoms with Crippen molar-refractivity contribution in [1.29, 1.82) is 0 Å². The van der Waals surface area contributed by atoms with Gasteiger partial charge in [0, 0.05) is 17.3 Å². The third-order valence-electron chi connectivity index (χ3n) is 2.42. The minimum absolute atomic E-state index is 0.110. The molecular formula is C12H16ClNO2. The number of benzene rings is 1. The number of carbonyl (C=O) groups is 1. The molecule has 4 heteroatoms. The summed E-state index contributed by atoms with van der Waals surface area (Å²) in [4.78, 5) is 11.3. The third-order valence-corrected chi connectivity index (χ3v) is 2.68. The summed E-state index contributed by atoms with van der Waals surface area (Å²) in [6.07, 6.45) is 0.757. The molecule has 0 aromatic heterocycles. The Bertz CT molecular complexity index is 337. The zero-order valence-corrected chi connectivity index (χ0v) is 10.3. The van der Waals surface area contributed by atoms with E-state index < -0.39 is 0 Å². The van der Waals surface area contributed by atoms with Crippen LogP contribution in [0.25, 0.3) is 0 Å². The van der Waals surface area contributed by atoms with Gasteiger partial charge in [0.25, 0.3) is 0 Å². The predicted molar refractivity (Wildman–Crippen MR) is 65.7 cm³/mol. The lowest BCUT2D eigenvalue weighted by atomic mass is 10.1. The quantitative estimate of drug-likeness (QED) is 0.806. The Kier molecular flexibility index (Phi) is 5.12. The van der Waals surface area contributed by atoms with E-state index in [2.05, 4.69) is 5.32 Å². The Morgan fingerprint density at radius 1 is 1.44 bits per heavy atom. The first kappa shape index (κ1) is 12.8. The van der Waals surface area contributed by atoms with Crippen molar-refractivity contribution in [3.8, 4) is 0 Å². The monoisotopic (exact) mass is 241 g/mol. The van der Waals surface area contributed by atoms with Crippen LogP contribution in [-0.2, 0) is 9.53 Å². The molecule has 1 unspecified atom stereocenters. The molecular weight excluding hydrogens is 226 g/mol. The van der Waals surface area contributed by atoms with Crippen LogP contribution >= 0.6 is 11.6 Å². The molecule has 0 fully saturated rings. The summed E-state index contributed by atoms with van der Waals surface area (Å²) in [5.74, 6) is -0.287. The molecule has 0 saturated carbocycles. The molecule has 88 valence electrons. The normalized spacial score (nSPS) is 11.9. The molecule has 0 bridgehead atoms. The van der Waals surface area contributed by atoms with Crippen molar-refractivity contribution in [2.75, 3.05) is 19.0 Å². The average molecular weight is 242 g/mol. The third kappa shape index (κ3) is 3.74. The predicted octanol–water partition coefficient (Wildman–Crippen LogP) is 2.95. The van der Waals surface area contributed by atoms with Crippen LogP contribution in [0.1, 0.15) is 13.3 Å². The second-order valence-corrected chi connectivity index (χ2v) is 3.95. The van der Waals surface area contributed by atoms with E-state index >= 15 is 0 Å². The van der Waals surface area contributed by atoms with Gasteiger partial charge in [-0.2, -0.15) is 0 Å². The first-order chi connectivity index (χ1) is 7.67. The van der Waals surface area contributed by atoms with Gasteiger partial charge in [0.1, 0.15) is 0 Å². The highest BCUT2D eigenvalue weighted by Crippen LogP contribution is 2.14. The summed E-state index contributed by atoms with van der Waals surface area (Å²) < 4.78 is 4.71. The number of esters is 1. The first-order valence-corrected chi connectivity index (χ1v) is 5.62. The Morgan fingerprint density at radius 3 is 2.56 bits per heavy atom. The molecule has 1 rings (SSSR count). The van der Waals surface area contributed by atoms with Crippen molar-refractivity contribution in [3.63, 3.8) is 0 Å². The maximum atomic E-state index is 11.3. The number of anilines is 1. The zero-order chi connectivity index (χ0) is 12.0. The topological polar surface area (TPSA) is 38.3 Å². The Labute approximate surface area is 101 Å². The summed E-state index contributed by atoms with van der Waals surface area (Å²) >= 11 is 5.77. The van der Waals surface area contributed by atoms with Gasteiger partial charge < -0.3 is 10.1 Å². The molecule has 0 aliphatic heterocycles. The van der Waals surface area contributed by atoms with Gasteiger partial charge in [0.05, 0.1) is 13.0 Å². The van der Waals surface area contributed by atoms with Crippen molar-refractivity contribution >= 4 is 23.3 Å². The van der Waals surface area contributed by atoms with Crippen LogP contribution in [-0.4, -0.2) is 19.6 Å². The number of rotatable bonds is 5. The van der Waals surface area contributed by atoms with Crippen molar-refractivity contribution in [3.05, 3.63) is 29.3 Å². The lowest BCUT2D eigenvalue weighted by molar-refractivity contribution is -0.145. The largest absolute Gasteiger partial charge is 0.469 e. The van der Waals surface area contributed by atoms with E-state index in [1.165, 1.54) is 7.11 Å². The van der Waals surface area contributed by atoms with Crippen LogP contribution < -0.4 is 5.32 Å². The molecule has 1 aromatic rings. The second-order valence-electron chi connectivity index (χ2n) is 3.52. The van der Waals surface area contributed by atoms with Crippen LogP contribution in [0.4, 0.5) is 5.69 Å². The van der Waals surface area contributed by atoms with Crippen molar-refractivity contribution < 1.29 is 9.53 Å². The molecule has 1 atom stereocenters. The van der Waals surface area contributed by atoms with E-state index in [9.17, 15) is 4.79 Å². The van der Waals surface area contributed by atoms with Crippen LogP contribution in [0, 0.1) is 5.92 Å². The second kappa shape index (κ2) is 6.38. The number of halogens is 1. The van der Waals surface area contributed by atoms with Gasteiger partial charge in [0.15, 0.2) is 0 Å². The molecule has 0 radical (unpaired) electrons. The van der Waals surface area contributed by atoms with E-state index in [-0.39, 0.29) is 11.9 Å². The minimum Gasteiger partial charge on any atom is -0.469 e. The summed E-state index contributed by atoms with van der Waals surface area (Å²) in [5.41, 5.74) is 0.951. The molecule has 3 nitrogen and oxygen atoms in total. The number of hydrogen-bond acceptors (Lipinski definition) is 3. The number of hydrogen-bond donors (Lipinski definition) is 1. The van der Waals surface area contributed by atoms with E-state index in [1.807, 2.05) is 31.2 Å². The van der Waals surface area contributed by atoms with Gasteiger partial charge in [-0.3, -0.25) is 4.79 Å². The number of carbonyl (C=O) groups excluding carboxylic acids is 1. The lowest BCUT2D eigenvalue weighted by Gasteiger charge is -2.14. The molecule has 1 N–H and O–H groups in total. The Hall–Kier alpha value is -1.22. The fourth-order valence-electron chi connectivity index (χ4n) is 1.37. The van der Waals surface area contributed by atoms with Gasteiger partial charge in [-0.25, -0.2) is 0 Å². The smallest absolute Gasteiger partial charge is 0.310 e. The van der Waals surface area contributed by atoms with Crippen LogP contribution in [0.5, 0.6) is 0 Å². The minimum atomic E-state index is -0.177. The van der Waals surface area contributed by atoms with Gasteiger partial charge in [-0.1, -0.05) is 18.5 Å². The van der Waals surface area contributed by atoms with Crippen molar-refractivity contribution in [1.82, 2.24) is 0 Å². The van der Waals surface area contributed by atoms with E-state index in [4.69, 9.17) is 16.3 Å². The lowest BCUT2D eigenvalue weighted by Crippen LogP contribution is -2.23. The molecule has 0 heterocycles. The van der Waals surface area contributed by atoms with Crippen LogP contribution in [0.15, 0.2) is 24.3 Å². The fraction of sp³-hybridized carbons (Fsp3) is 0.417. The molecule has 1 aromatic carbocycles. The van der Waals surface area contributed by atoms with Crippen molar-refractivity contribution in [2.45, 2.75) is 13.3 Å². The van der Waals surface area contributed by atoms with Crippen LogP contribution in [0.2, 0.25) is 5.02 Å². The molecule has 0 aliphatic carbocycles. The Morgan fingerprint density at radius 2 is 2.06 bits per heavy atom. The summed E-state index contributed by atoms with van der Waals surface area (Å²) in [5, 5.41) is 3.88. The molecule has 16 heavy (non-hydrogen) atoms. The van der Waals surface area contributed by atoms with Crippen molar-refractivity contribution in [2.24, 2.45) is 5.92 Å². The summed E-state index contributed by atoms with van der Waals surface area (Å²) in [7, 11) is 1.41. The van der Waals surface area contributed by atoms with Gasteiger partial charge in [-0.15, -0.1) is 0 Å². The maximum absolute atomic E-state index is 11.3. The van der Waals surface area contributed by atoms with Gasteiger partial charge >= 0.3 is 5.97 Å². The molecule has 0 amide bonds. The SMILES string of the molecule is CCC(CNc1ccc(Cl)cc1)C(=O)OC. The summed E-state index contributed by atoms with van der Waals surface area (Å²) in [6, 6.07) is 7.38. The molecule has 0 spiro atoms. The van der Waals surface area contributed by atoms with E-state index in [0.717, 1.165) is 12.1 Å². The van der Waals surface area contributed by atoms with Gasteiger partial charge in [-0.05, 0) is 30.7 Å². The van der Waals surface area contributed by atoms with E-state index in [0.29, 0.717) is 11.6 Å². The number of ether oxygens (including phenoxy) is 1. The fourth-order valence-corrected chi connectivity index (χ4v) is 1.50. The molecule has 0 saturated heterocycles. The zero-order valence-electron chi connectivity index (χ0n) is 9.50. The highest BCUT2D eigenvalue weighted by atomic mass is 35.5. The molecule has 0 aliphatic rings. The highest BCUT2D eigenvalue weighted by molar-refractivity contribution is 6.30. The maximum Gasteiger partial charge on any atom is 0.310 e. The first-order valence-electron chi connectivity index (χ1n) is 5.24. The summed E-state index contributed by atoms with van der Waals surface area (Å²) in [6.45, 7) is 2.54. The number of nitrogens with one attached hydrogen (secondary N) is 1. The number of methoxy groups -OCH3 is 1. The van der Waals surface area contributed by atoms with E-state index in [1.54, 1.807) is 0 Å². The van der Waals surface area contributed by atoms with Crippen LogP contribution in [0.3, 0.4) is 0 Å².